The van der Waals surface area contributed by atoms with Gasteiger partial charge in [0.25, 0.3) is 0 Å². The van der Waals surface area contributed by atoms with E-state index in [1.54, 1.807) is 6.07 Å². The zero-order chi connectivity index (χ0) is 11.3. The van der Waals surface area contributed by atoms with Crippen LogP contribution in [0.25, 0.3) is 0 Å². The Labute approximate surface area is 101 Å². The van der Waals surface area contributed by atoms with Gasteiger partial charge in [-0.3, -0.25) is 0 Å². The molecule has 0 heterocycles. The van der Waals surface area contributed by atoms with Crippen LogP contribution in [0.5, 0.6) is 0 Å². The van der Waals surface area contributed by atoms with E-state index in [4.69, 9.17) is 29.6 Å². The first-order valence-electron chi connectivity index (χ1n) is 4.80. The van der Waals surface area contributed by atoms with Crippen LogP contribution >= 0.6 is 23.2 Å². The highest BCUT2D eigenvalue weighted by atomic mass is 35.5. The predicted molar refractivity (Wildman–Crippen MR) is 66.3 cm³/mol. The van der Waals surface area contributed by atoms with Crippen molar-refractivity contribution in [2.45, 2.75) is 19.4 Å². The molecule has 0 spiro atoms. The Balaban J connectivity index is 2.91. The molecule has 0 aliphatic rings. The highest BCUT2D eigenvalue weighted by Gasteiger charge is 2.10. The number of terminal acetylenes is 1. The minimum Gasteiger partial charge on any atom is -0.309 e. The lowest BCUT2D eigenvalue weighted by molar-refractivity contribution is 0.565. The molecule has 15 heavy (non-hydrogen) atoms. The van der Waals surface area contributed by atoms with Gasteiger partial charge in [0.15, 0.2) is 0 Å². The molecular formula is C12H13Cl2N. The molecule has 0 saturated carbocycles. The van der Waals surface area contributed by atoms with E-state index in [1.165, 1.54) is 0 Å². The lowest BCUT2D eigenvalue weighted by Gasteiger charge is -2.16. The SMILES string of the molecule is C#CCC(NCC)c1ccc(Cl)c(Cl)c1. The molecule has 0 saturated heterocycles. The third-order valence-corrected chi connectivity index (χ3v) is 2.86. The molecule has 0 radical (unpaired) electrons. The Bertz CT molecular complexity index is 368. The van der Waals surface area contributed by atoms with Crippen LogP contribution in [-0.2, 0) is 0 Å². The van der Waals surface area contributed by atoms with Gasteiger partial charge in [-0.15, -0.1) is 12.3 Å². The third kappa shape index (κ3) is 3.43. The van der Waals surface area contributed by atoms with Crippen LogP contribution in [0, 0.1) is 12.3 Å². The monoisotopic (exact) mass is 241 g/mol. The quantitative estimate of drug-likeness (QED) is 0.794. The second kappa shape index (κ2) is 6.02. The lowest BCUT2D eigenvalue weighted by Crippen LogP contribution is -2.20. The van der Waals surface area contributed by atoms with Crippen molar-refractivity contribution in [1.29, 1.82) is 0 Å². The summed E-state index contributed by atoms with van der Waals surface area (Å²) in [6.07, 6.45) is 5.96. The van der Waals surface area contributed by atoms with Crippen LogP contribution in [0.1, 0.15) is 24.9 Å². The highest BCUT2D eigenvalue weighted by molar-refractivity contribution is 6.42. The number of benzene rings is 1. The van der Waals surface area contributed by atoms with Crippen molar-refractivity contribution in [2.24, 2.45) is 0 Å². The van der Waals surface area contributed by atoms with Crippen molar-refractivity contribution in [3.05, 3.63) is 33.8 Å². The number of hydrogen-bond donors (Lipinski definition) is 1. The average Bonchev–Trinajstić information content (AvgIpc) is 2.22. The van der Waals surface area contributed by atoms with E-state index in [9.17, 15) is 0 Å². The number of rotatable bonds is 4. The molecule has 0 aliphatic carbocycles. The van der Waals surface area contributed by atoms with E-state index in [0.29, 0.717) is 16.5 Å². The van der Waals surface area contributed by atoms with Crippen molar-refractivity contribution in [3.8, 4) is 12.3 Å². The first kappa shape index (κ1) is 12.4. The molecular weight excluding hydrogens is 229 g/mol. The van der Waals surface area contributed by atoms with Gasteiger partial charge >= 0.3 is 0 Å². The van der Waals surface area contributed by atoms with Gasteiger partial charge in [-0.25, -0.2) is 0 Å². The first-order chi connectivity index (χ1) is 7.19. The lowest BCUT2D eigenvalue weighted by atomic mass is 10.0. The molecule has 1 aromatic rings. The largest absolute Gasteiger partial charge is 0.309 e. The summed E-state index contributed by atoms with van der Waals surface area (Å²) in [6, 6.07) is 5.74. The Hall–Kier alpha value is -0.680. The van der Waals surface area contributed by atoms with Crippen LogP contribution in [-0.4, -0.2) is 6.54 Å². The molecule has 1 atom stereocenters. The molecule has 80 valence electrons. The topological polar surface area (TPSA) is 12.0 Å². The Kier molecular flexibility index (Phi) is 4.98. The number of hydrogen-bond acceptors (Lipinski definition) is 1. The summed E-state index contributed by atoms with van der Waals surface area (Å²) in [5, 5.41) is 4.43. The summed E-state index contributed by atoms with van der Waals surface area (Å²) < 4.78 is 0. The van der Waals surface area contributed by atoms with Gasteiger partial charge in [0.1, 0.15) is 0 Å². The second-order valence-corrected chi connectivity index (χ2v) is 4.01. The van der Waals surface area contributed by atoms with E-state index in [1.807, 2.05) is 19.1 Å². The van der Waals surface area contributed by atoms with Crippen molar-refractivity contribution < 1.29 is 0 Å². The molecule has 0 amide bonds. The van der Waals surface area contributed by atoms with Gasteiger partial charge in [-0.05, 0) is 24.2 Å². The molecule has 1 aromatic carbocycles. The zero-order valence-electron chi connectivity index (χ0n) is 8.56. The highest BCUT2D eigenvalue weighted by Crippen LogP contribution is 2.26. The van der Waals surface area contributed by atoms with E-state index < -0.39 is 0 Å². The Morgan fingerprint density at radius 3 is 2.67 bits per heavy atom. The van der Waals surface area contributed by atoms with Crippen molar-refractivity contribution in [3.63, 3.8) is 0 Å². The average molecular weight is 242 g/mol. The summed E-state index contributed by atoms with van der Waals surface area (Å²) in [5.74, 6) is 2.65. The van der Waals surface area contributed by atoms with Crippen LogP contribution in [0.3, 0.4) is 0 Å². The van der Waals surface area contributed by atoms with E-state index in [-0.39, 0.29) is 6.04 Å². The predicted octanol–water partition coefficient (Wildman–Crippen LogP) is 3.67. The van der Waals surface area contributed by atoms with E-state index in [2.05, 4.69) is 11.2 Å². The minimum absolute atomic E-state index is 0.148. The van der Waals surface area contributed by atoms with Crippen LogP contribution in [0.4, 0.5) is 0 Å². The van der Waals surface area contributed by atoms with Gasteiger partial charge in [0, 0.05) is 12.5 Å². The maximum atomic E-state index is 5.95. The smallest absolute Gasteiger partial charge is 0.0595 e. The molecule has 3 heteroatoms. The fourth-order valence-corrected chi connectivity index (χ4v) is 1.71. The summed E-state index contributed by atoms with van der Waals surface area (Å²) in [5.41, 5.74) is 1.07. The van der Waals surface area contributed by atoms with Crippen molar-refractivity contribution >= 4 is 23.2 Å². The summed E-state index contributed by atoms with van der Waals surface area (Å²) in [6.45, 7) is 2.91. The number of nitrogens with one attached hydrogen (secondary N) is 1. The summed E-state index contributed by atoms with van der Waals surface area (Å²) >= 11 is 11.8. The van der Waals surface area contributed by atoms with E-state index in [0.717, 1.165) is 12.1 Å². The molecule has 1 unspecified atom stereocenters. The van der Waals surface area contributed by atoms with E-state index >= 15 is 0 Å². The Morgan fingerprint density at radius 1 is 1.40 bits per heavy atom. The van der Waals surface area contributed by atoms with Crippen LogP contribution in [0.15, 0.2) is 18.2 Å². The van der Waals surface area contributed by atoms with Crippen molar-refractivity contribution in [1.82, 2.24) is 5.32 Å². The summed E-state index contributed by atoms with van der Waals surface area (Å²) in [7, 11) is 0. The molecule has 0 aliphatic heterocycles. The van der Waals surface area contributed by atoms with Crippen molar-refractivity contribution in [2.75, 3.05) is 6.54 Å². The van der Waals surface area contributed by atoms with Crippen LogP contribution < -0.4 is 5.32 Å². The van der Waals surface area contributed by atoms with Gasteiger partial charge in [-0.2, -0.15) is 0 Å². The van der Waals surface area contributed by atoms with Gasteiger partial charge in [0.2, 0.25) is 0 Å². The molecule has 1 rings (SSSR count). The zero-order valence-corrected chi connectivity index (χ0v) is 10.1. The van der Waals surface area contributed by atoms with Gasteiger partial charge in [-0.1, -0.05) is 36.2 Å². The normalized spacial score (nSPS) is 12.1. The maximum Gasteiger partial charge on any atom is 0.0595 e. The first-order valence-corrected chi connectivity index (χ1v) is 5.56. The molecule has 0 bridgehead atoms. The minimum atomic E-state index is 0.148. The fourth-order valence-electron chi connectivity index (χ4n) is 1.40. The molecule has 1 nitrogen and oxygen atoms in total. The fraction of sp³-hybridized carbons (Fsp3) is 0.333. The third-order valence-electron chi connectivity index (χ3n) is 2.12. The standard InChI is InChI=1S/C12H13Cl2N/c1-3-5-12(15-4-2)9-6-7-10(13)11(14)8-9/h1,6-8,12,15H,4-5H2,2H3. The molecule has 0 fully saturated rings. The summed E-state index contributed by atoms with van der Waals surface area (Å²) in [4.78, 5) is 0. The van der Waals surface area contributed by atoms with Gasteiger partial charge in [0.05, 0.1) is 10.0 Å². The van der Waals surface area contributed by atoms with Gasteiger partial charge < -0.3 is 5.32 Å². The Morgan fingerprint density at radius 2 is 2.13 bits per heavy atom. The van der Waals surface area contributed by atoms with Crippen LogP contribution in [0.2, 0.25) is 10.0 Å². The number of halogens is 2. The second-order valence-electron chi connectivity index (χ2n) is 3.19. The maximum absolute atomic E-state index is 5.95. The molecule has 1 N–H and O–H groups in total. The molecule has 0 aromatic heterocycles.